The van der Waals surface area contributed by atoms with Crippen LogP contribution in [0.15, 0.2) is 0 Å². The first-order chi connectivity index (χ1) is 8.27. The minimum Gasteiger partial charge on any atom is -0.294 e. The molecule has 0 amide bonds. The van der Waals surface area contributed by atoms with Crippen molar-refractivity contribution < 1.29 is 0 Å². The lowest BCUT2D eigenvalue weighted by molar-refractivity contribution is -0.202. The van der Waals surface area contributed by atoms with Crippen LogP contribution in [0.1, 0.15) is 53.4 Å². The molecule has 1 aliphatic heterocycles. The molecule has 2 nitrogen and oxygen atoms in total. The molecule has 1 saturated heterocycles. The minimum absolute atomic E-state index is 0.147. The van der Waals surface area contributed by atoms with Crippen LogP contribution in [0.2, 0.25) is 0 Å². The second kappa shape index (κ2) is 4.25. The zero-order valence-corrected chi connectivity index (χ0v) is 14.9. The van der Waals surface area contributed by atoms with Gasteiger partial charge in [-0.2, -0.15) is 0 Å². The molecular formula is C14H25IN2S. The van der Waals surface area contributed by atoms with Crippen molar-refractivity contribution in [2.24, 2.45) is 5.41 Å². The van der Waals surface area contributed by atoms with Crippen molar-refractivity contribution in [2.75, 3.05) is 0 Å². The summed E-state index contributed by atoms with van der Waals surface area (Å²) < 4.78 is 2.46. The second-order valence-electron chi connectivity index (χ2n) is 7.19. The molecule has 0 aromatic carbocycles. The molecule has 2 saturated carbocycles. The molecule has 0 radical (unpaired) electrons. The maximum atomic E-state index is 4.79. The number of nitrogens with zero attached hydrogens (tertiary/aromatic N) is 2. The Morgan fingerprint density at radius 3 is 2.50 bits per heavy atom. The Bertz CT molecular complexity index is 354. The summed E-state index contributed by atoms with van der Waals surface area (Å²) in [5.41, 5.74) is 0.678. The lowest BCUT2D eigenvalue weighted by atomic mass is 9.53. The van der Waals surface area contributed by atoms with E-state index in [0.717, 1.165) is 12.1 Å². The van der Waals surface area contributed by atoms with Crippen molar-refractivity contribution in [2.45, 2.75) is 81.1 Å². The fourth-order valence-electron chi connectivity index (χ4n) is 4.76. The van der Waals surface area contributed by atoms with Gasteiger partial charge in [-0.25, -0.2) is 4.31 Å². The quantitative estimate of drug-likeness (QED) is 0.345. The van der Waals surface area contributed by atoms with Gasteiger partial charge in [0.25, 0.3) is 0 Å². The first kappa shape index (κ1) is 14.0. The summed E-state index contributed by atoms with van der Waals surface area (Å²) in [7, 11) is 0. The maximum Gasteiger partial charge on any atom is 0.0770 e. The number of alkyl halides is 1. The standard InChI is InChI=1S/C14H25IN2S/c1-9(2)16-11-5-6-14(11)8-10(7-12(14)16)17(18)13(3,4)15/h9-12,18H,5-8H2,1-4H3. The fraction of sp³-hybridized carbons (Fsp3) is 1.00. The van der Waals surface area contributed by atoms with E-state index >= 15 is 0 Å². The Morgan fingerprint density at radius 2 is 2.06 bits per heavy atom. The van der Waals surface area contributed by atoms with E-state index in [2.05, 4.69) is 59.5 Å². The molecule has 2 aliphatic carbocycles. The predicted octanol–water partition coefficient (Wildman–Crippen LogP) is 3.71. The lowest BCUT2D eigenvalue weighted by Gasteiger charge is -2.70. The molecule has 3 fully saturated rings. The number of thiol groups is 1. The number of likely N-dealkylation sites (tertiary alicyclic amines) is 1. The molecule has 3 aliphatic rings. The summed E-state index contributed by atoms with van der Waals surface area (Å²) in [4.78, 5) is 2.78. The first-order valence-electron chi connectivity index (χ1n) is 7.22. The molecule has 0 aromatic rings. The zero-order chi connectivity index (χ0) is 13.3. The van der Waals surface area contributed by atoms with Crippen LogP contribution in [0, 0.1) is 5.41 Å². The van der Waals surface area contributed by atoms with Crippen molar-refractivity contribution in [1.29, 1.82) is 0 Å². The van der Waals surface area contributed by atoms with Crippen LogP contribution in [0.5, 0.6) is 0 Å². The normalized spacial score (nSPS) is 43.7. The van der Waals surface area contributed by atoms with Crippen LogP contribution >= 0.6 is 35.4 Å². The van der Waals surface area contributed by atoms with Crippen LogP contribution < -0.4 is 0 Å². The van der Waals surface area contributed by atoms with Crippen LogP contribution in [0.4, 0.5) is 0 Å². The number of hydrogen-bond donors (Lipinski definition) is 1. The Balaban J connectivity index is 1.75. The van der Waals surface area contributed by atoms with E-state index in [9.17, 15) is 0 Å². The SMILES string of the molecule is CC(C)N1C2CCC23CC(N(S)C(C)(C)I)CC13. The number of rotatable bonds is 3. The van der Waals surface area contributed by atoms with Gasteiger partial charge in [0, 0.05) is 29.6 Å². The van der Waals surface area contributed by atoms with Gasteiger partial charge in [-0.05, 0) is 53.4 Å². The van der Waals surface area contributed by atoms with E-state index < -0.39 is 0 Å². The summed E-state index contributed by atoms with van der Waals surface area (Å²) in [6, 6.07) is 3.12. The number of hydrogen-bond acceptors (Lipinski definition) is 3. The third-order valence-corrected chi connectivity index (χ3v) is 7.26. The molecule has 4 heteroatoms. The highest BCUT2D eigenvalue weighted by atomic mass is 127. The van der Waals surface area contributed by atoms with Gasteiger partial charge in [-0.15, -0.1) is 0 Å². The lowest BCUT2D eigenvalue weighted by Crippen LogP contribution is -2.76. The Labute approximate surface area is 131 Å². The maximum absolute atomic E-state index is 4.79. The van der Waals surface area contributed by atoms with E-state index in [1.54, 1.807) is 0 Å². The van der Waals surface area contributed by atoms with E-state index in [0.29, 0.717) is 17.5 Å². The monoisotopic (exact) mass is 380 g/mol. The van der Waals surface area contributed by atoms with Crippen LogP contribution in [0.3, 0.4) is 0 Å². The highest BCUT2D eigenvalue weighted by molar-refractivity contribution is 14.1. The first-order valence-corrected chi connectivity index (χ1v) is 8.70. The van der Waals surface area contributed by atoms with Crippen LogP contribution in [-0.4, -0.2) is 36.9 Å². The third-order valence-electron chi connectivity index (χ3n) is 5.53. The largest absolute Gasteiger partial charge is 0.294 e. The Kier molecular flexibility index (Phi) is 3.29. The summed E-state index contributed by atoms with van der Waals surface area (Å²) in [6.45, 7) is 9.24. The van der Waals surface area contributed by atoms with Crippen molar-refractivity contribution >= 4 is 35.4 Å². The van der Waals surface area contributed by atoms with Gasteiger partial charge < -0.3 is 0 Å². The molecule has 4 unspecified atom stereocenters. The summed E-state index contributed by atoms with van der Waals surface area (Å²) in [5, 5.41) is 0. The number of piperidine rings is 1. The van der Waals surface area contributed by atoms with Gasteiger partial charge in [0.2, 0.25) is 0 Å². The topological polar surface area (TPSA) is 6.48 Å². The molecule has 1 spiro atoms. The average Bonchev–Trinajstić information content (AvgIpc) is 2.60. The molecule has 3 rings (SSSR count). The Morgan fingerprint density at radius 1 is 1.39 bits per heavy atom. The molecule has 0 aromatic heterocycles. The van der Waals surface area contributed by atoms with Gasteiger partial charge in [-0.3, -0.25) is 4.90 Å². The number of halogens is 1. The van der Waals surface area contributed by atoms with Gasteiger partial charge >= 0.3 is 0 Å². The molecular weight excluding hydrogens is 355 g/mol. The van der Waals surface area contributed by atoms with Crippen molar-refractivity contribution in [1.82, 2.24) is 9.21 Å². The van der Waals surface area contributed by atoms with Gasteiger partial charge in [0.05, 0.1) is 3.55 Å². The van der Waals surface area contributed by atoms with E-state index in [-0.39, 0.29) is 3.55 Å². The van der Waals surface area contributed by atoms with E-state index in [4.69, 9.17) is 12.8 Å². The average molecular weight is 380 g/mol. The minimum atomic E-state index is 0.147. The second-order valence-corrected chi connectivity index (χ2v) is 10.3. The van der Waals surface area contributed by atoms with E-state index in [1.165, 1.54) is 25.7 Å². The zero-order valence-electron chi connectivity index (χ0n) is 11.9. The van der Waals surface area contributed by atoms with Gasteiger partial charge in [-0.1, -0.05) is 35.4 Å². The predicted molar refractivity (Wildman–Crippen MR) is 88.2 cm³/mol. The smallest absolute Gasteiger partial charge is 0.0770 e. The van der Waals surface area contributed by atoms with Gasteiger partial charge in [0.15, 0.2) is 0 Å². The molecule has 1 heterocycles. The molecule has 0 N–H and O–H groups in total. The summed E-state index contributed by atoms with van der Waals surface area (Å²) >= 11 is 7.30. The molecule has 104 valence electrons. The van der Waals surface area contributed by atoms with E-state index in [1.807, 2.05) is 0 Å². The summed E-state index contributed by atoms with van der Waals surface area (Å²) in [5.74, 6) is 0. The third kappa shape index (κ3) is 1.74. The van der Waals surface area contributed by atoms with Crippen molar-refractivity contribution in [3.8, 4) is 0 Å². The molecule has 4 atom stereocenters. The van der Waals surface area contributed by atoms with Crippen LogP contribution in [0.25, 0.3) is 0 Å². The highest BCUT2D eigenvalue weighted by Crippen LogP contribution is 2.66. The fourth-order valence-corrected chi connectivity index (χ4v) is 5.33. The van der Waals surface area contributed by atoms with Gasteiger partial charge in [0.1, 0.15) is 0 Å². The highest BCUT2D eigenvalue weighted by Gasteiger charge is 2.70. The van der Waals surface area contributed by atoms with Crippen LogP contribution in [-0.2, 0) is 0 Å². The Hall–Kier alpha value is 1.00. The molecule has 0 bridgehead atoms. The van der Waals surface area contributed by atoms with Crippen molar-refractivity contribution in [3.05, 3.63) is 0 Å². The molecule has 18 heavy (non-hydrogen) atoms. The van der Waals surface area contributed by atoms with Crippen molar-refractivity contribution in [3.63, 3.8) is 0 Å². The summed E-state index contributed by atoms with van der Waals surface area (Å²) in [6.07, 6.45) is 5.60.